The summed E-state index contributed by atoms with van der Waals surface area (Å²) in [6.07, 6.45) is 0.0740. The van der Waals surface area contributed by atoms with Gasteiger partial charge in [0.1, 0.15) is 0 Å². The molecule has 0 aromatic rings. The number of rotatable bonds is 3. The minimum absolute atomic E-state index is 0.444. The molecule has 0 aromatic carbocycles. The van der Waals surface area contributed by atoms with E-state index in [-0.39, 0.29) is 0 Å². The molecule has 0 aliphatic carbocycles. The summed E-state index contributed by atoms with van der Waals surface area (Å²) in [5, 5.41) is 2.94. The molecule has 0 aromatic heterocycles. The molecule has 0 bridgehead atoms. The van der Waals surface area contributed by atoms with Crippen molar-refractivity contribution in [1.82, 2.24) is 5.32 Å². The molecule has 0 radical (unpaired) electrons. The second-order valence-electron chi connectivity index (χ2n) is 1.74. The minimum Gasteiger partial charge on any atom is -0.490 e. The van der Waals surface area contributed by atoms with Gasteiger partial charge in [-0.05, 0) is 12.2 Å². The van der Waals surface area contributed by atoms with E-state index >= 15 is 0 Å². The van der Waals surface area contributed by atoms with Crippen LogP contribution in [-0.4, -0.2) is 31.9 Å². The maximum absolute atomic E-state index is 10.5. The van der Waals surface area contributed by atoms with E-state index in [0.29, 0.717) is 18.0 Å². The number of alkyl carbamates (subject to hydrolysis) is 1. The maximum atomic E-state index is 10.5. The number of methoxy groups -OCH3 is 2. The summed E-state index contributed by atoms with van der Waals surface area (Å²) in [6.45, 7) is 0.444. The molecule has 11 heavy (non-hydrogen) atoms. The average molecular weight is 177 g/mol. The Hall–Kier alpha value is -0.840. The normalized spacial score (nSPS) is 8.55. The highest BCUT2D eigenvalue weighted by atomic mass is 32.1. The first-order valence-electron chi connectivity index (χ1n) is 3.09. The van der Waals surface area contributed by atoms with Gasteiger partial charge in [0.2, 0.25) is 0 Å². The third kappa shape index (κ3) is 5.60. The third-order valence-electron chi connectivity index (χ3n) is 1.01. The molecule has 0 rings (SSSR count). The van der Waals surface area contributed by atoms with Crippen molar-refractivity contribution in [2.24, 2.45) is 0 Å². The number of amides is 1. The molecule has 4 nitrogen and oxygen atoms in total. The van der Waals surface area contributed by atoms with Gasteiger partial charge < -0.3 is 14.8 Å². The van der Waals surface area contributed by atoms with Crippen LogP contribution in [0.15, 0.2) is 0 Å². The first-order valence-corrected chi connectivity index (χ1v) is 3.50. The number of thiocarbonyl (C=S) groups is 1. The minimum atomic E-state index is -0.455. The average Bonchev–Trinajstić information content (AvgIpc) is 2.04. The summed E-state index contributed by atoms with van der Waals surface area (Å²) in [6, 6.07) is 0. The summed E-state index contributed by atoms with van der Waals surface area (Å²) in [4.78, 5) is 10.5. The van der Waals surface area contributed by atoms with Crippen LogP contribution in [0.1, 0.15) is 6.42 Å². The molecule has 0 aliphatic rings. The van der Waals surface area contributed by atoms with Gasteiger partial charge in [0, 0.05) is 13.0 Å². The Labute approximate surface area is 70.9 Å². The van der Waals surface area contributed by atoms with E-state index in [4.69, 9.17) is 17.0 Å². The summed E-state index contributed by atoms with van der Waals surface area (Å²) < 4.78 is 9.04. The molecule has 5 heteroatoms. The van der Waals surface area contributed by atoms with Crippen molar-refractivity contribution in [1.29, 1.82) is 0 Å². The van der Waals surface area contributed by atoms with E-state index in [2.05, 4.69) is 10.1 Å². The molecule has 0 unspecified atom stereocenters. The molecular formula is C6H11NO3S. The van der Waals surface area contributed by atoms with Crippen LogP contribution in [0.25, 0.3) is 0 Å². The van der Waals surface area contributed by atoms with Crippen molar-refractivity contribution in [3.05, 3.63) is 0 Å². The Morgan fingerprint density at radius 2 is 2.09 bits per heavy atom. The zero-order valence-electron chi connectivity index (χ0n) is 6.55. The number of hydrogen-bond acceptors (Lipinski definition) is 4. The smallest absolute Gasteiger partial charge is 0.406 e. The van der Waals surface area contributed by atoms with Gasteiger partial charge in [-0.25, -0.2) is 4.79 Å². The van der Waals surface area contributed by atoms with Crippen LogP contribution in [0.5, 0.6) is 0 Å². The monoisotopic (exact) mass is 177 g/mol. The lowest BCUT2D eigenvalue weighted by atomic mass is 10.4. The summed E-state index contributed by atoms with van der Waals surface area (Å²) in [5.74, 6) is 0. The Balaban J connectivity index is 3.27. The standard InChI is InChI=1S/C6H11NO3S/c1-9-5(11)3-4-7-6(8)10-2/h3-4H2,1-2H3,(H,7,8). The highest BCUT2D eigenvalue weighted by molar-refractivity contribution is 7.80. The summed E-state index contributed by atoms with van der Waals surface area (Å²) >= 11 is 4.73. The van der Waals surface area contributed by atoms with Crippen molar-refractivity contribution in [3.8, 4) is 0 Å². The van der Waals surface area contributed by atoms with E-state index in [1.165, 1.54) is 14.2 Å². The van der Waals surface area contributed by atoms with E-state index in [1.54, 1.807) is 0 Å². The molecule has 64 valence electrons. The van der Waals surface area contributed by atoms with Gasteiger partial charge in [-0.1, -0.05) is 0 Å². The zero-order chi connectivity index (χ0) is 8.69. The fourth-order valence-corrected chi connectivity index (χ4v) is 0.543. The number of hydrogen-bond donors (Lipinski definition) is 1. The topological polar surface area (TPSA) is 47.6 Å². The third-order valence-corrected chi connectivity index (χ3v) is 1.38. The predicted molar refractivity (Wildman–Crippen MR) is 44.6 cm³/mol. The van der Waals surface area contributed by atoms with Crippen molar-refractivity contribution in [3.63, 3.8) is 0 Å². The Morgan fingerprint density at radius 3 is 2.55 bits per heavy atom. The van der Waals surface area contributed by atoms with Crippen LogP contribution in [0.2, 0.25) is 0 Å². The predicted octanol–water partition coefficient (Wildman–Crippen LogP) is 0.706. The lowest BCUT2D eigenvalue weighted by molar-refractivity contribution is 0.171. The van der Waals surface area contributed by atoms with Crippen LogP contribution >= 0.6 is 12.2 Å². The molecule has 0 spiro atoms. The zero-order valence-corrected chi connectivity index (χ0v) is 7.36. The molecule has 0 aliphatic heterocycles. The SMILES string of the molecule is COC(=O)NCCC(=S)OC. The molecule has 0 heterocycles. The van der Waals surface area contributed by atoms with Gasteiger partial charge in [-0.15, -0.1) is 0 Å². The molecule has 1 amide bonds. The largest absolute Gasteiger partial charge is 0.490 e. The molecule has 1 N–H and O–H groups in total. The van der Waals surface area contributed by atoms with Gasteiger partial charge in [-0.3, -0.25) is 0 Å². The first-order chi connectivity index (χ1) is 5.20. The first kappa shape index (κ1) is 10.2. The highest BCUT2D eigenvalue weighted by Crippen LogP contribution is 1.85. The van der Waals surface area contributed by atoms with Gasteiger partial charge in [-0.2, -0.15) is 0 Å². The van der Waals surface area contributed by atoms with Gasteiger partial charge in [0.15, 0.2) is 5.05 Å². The van der Waals surface area contributed by atoms with Crippen molar-refractivity contribution in [2.75, 3.05) is 20.8 Å². The van der Waals surface area contributed by atoms with Crippen LogP contribution in [0.4, 0.5) is 4.79 Å². The lowest BCUT2D eigenvalue weighted by Gasteiger charge is -2.03. The fourth-order valence-electron chi connectivity index (χ4n) is 0.441. The Kier molecular flexibility index (Phi) is 5.46. The quantitative estimate of drug-likeness (QED) is 0.645. The lowest BCUT2D eigenvalue weighted by Crippen LogP contribution is -2.25. The molecule has 0 saturated heterocycles. The summed E-state index contributed by atoms with van der Waals surface area (Å²) in [7, 11) is 2.81. The number of ether oxygens (including phenoxy) is 2. The second-order valence-corrected chi connectivity index (χ2v) is 2.20. The van der Waals surface area contributed by atoms with Crippen molar-refractivity contribution >= 4 is 23.4 Å². The Bertz CT molecular complexity index is 133. The van der Waals surface area contributed by atoms with Crippen LogP contribution in [0, 0.1) is 0 Å². The second kappa shape index (κ2) is 5.91. The van der Waals surface area contributed by atoms with Crippen LogP contribution < -0.4 is 5.32 Å². The van der Waals surface area contributed by atoms with E-state index in [1.807, 2.05) is 0 Å². The van der Waals surface area contributed by atoms with Gasteiger partial charge in [0.25, 0.3) is 0 Å². The van der Waals surface area contributed by atoms with Crippen LogP contribution in [0.3, 0.4) is 0 Å². The van der Waals surface area contributed by atoms with Crippen molar-refractivity contribution < 1.29 is 14.3 Å². The number of nitrogens with one attached hydrogen (secondary N) is 1. The van der Waals surface area contributed by atoms with Gasteiger partial charge >= 0.3 is 6.09 Å². The molecule has 0 saturated carbocycles. The molecule has 0 fully saturated rings. The number of carbonyl (C=O) groups excluding carboxylic acids is 1. The molecular weight excluding hydrogens is 166 g/mol. The van der Waals surface area contributed by atoms with Crippen LogP contribution in [-0.2, 0) is 9.47 Å². The van der Waals surface area contributed by atoms with Gasteiger partial charge in [0.05, 0.1) is 14.2 Å². The van der Waals surface area contributed by atoms with E-state index < -0.39 is 6.09 Å². The number of carbonyl (C=O) groups is 1. The van der Waals surface area contributed by atoms with E-state index in [9.17, 15) is 4.79 Å². The Morgan fingerprint density at radius 1 is 1.45 bits per heavy atom. The fraction of sp³-hybridized carbons (Fsp3) is 0.667. The highest BCUT2D eigenvalue weighted by Gasteiger charge is 1.98. The maximum Gasteiger partial charge on any atom is 0.406 e. The summed E-state index contributed by atoms with van der Waals surface area (Å²) in [5.41, 5.74) is 0. The van der Waals surface area contributed by atoms with E-state index in [0.717, 1.165) is 0 Å². The van der Waals surface area contributed by atoms with Crippen molar-refractivity contribution in [2.45, 2.75) is 6.42 Å². The molecule has 0 atom stereocenters.